The van der Waals surface area contributed by atoms with Gasteiger partial charge in [-0.25, -0.2) is 0 Å². The molecule has 0 aliphatic carbocycles. The summed E-state index contributed by atoms with van der Waals surface area (Å²) in [5, 5.41) is 2.81. The average Bonchev–Trinajstić information content (AvgIpc) is 2.61. The summed E-state index contributed by atoms with van der Waals surface area (Å²) in [6.45, 7) is 2.72. The van der Waals surface area contributed by atoms with Gasteiger partial charge >= 0.3 is 0 Å². The fourth-order valence-electron chi connectivity index (χ4n) is 2.30. The number of benzene rings is 2. The van der Waals surface area contributed by atoms with E-state index in [0.717, 1.165) is 0 Å². The van der Waals surface area contributed by atoms with Crippen LogP contribution in [0.3, 0.4) is 0 Å². The van der Waals surface area contributed by atoms with Gasteiger partial charge in [-0.2, -0.15) is 0 Å². The molecule has 24 heavy (non-hydrogen) atoms. The zero-order chi connectivity index (χ0) is 16.9. The molecule has 1 atom stereocenters. The SMILES string of the molecule is COc1cccc(OC(C)C(=O)Nc2ccc3c(c2)OCCO3)c1. The highest BCUT2D eigenvalue weighted by Gasteiger charge is 2.17. The van der Waals surface area contributed by atoms with E-state index >= 15 is 0 Å². The van der Waals surface area contributed by atoms with E-state index in [9.17, 15) is 4.79 Å². The standard InChI is InChI=1S/C18H19NO5/c1-12(24-15-5-3-4-14(11-15)21-2)18(20)19-13-6-7-16-17(10-13)23-9-8-22-16/h3-7,10-12H,8-9H2,1-2H3,(H,19,20). The summed E-state index contributed by atoms with van der Waals surface area (Å²) < 4.78 is 21.8. The molecule has 6 heteroatoms. The van der Waals surface area contributed by atoms with Crippen molar-refractivity contribution in [3.8, 4) is 23.0 Å². The van der Waals surface area contributed by atoms with Crippen LogP contribution in [0, 0.1) is 0 Å². The number of ether oxygens (including phenoxy) is 4. The van der Waals surface area contributed by atoms with E-state index in [4.69, 9.17) is 18.9 Å². The molecule has 0 aromatic heterocycles. The fraction of sp³-hybridized carbons (Fsp3) is 0.278. The predicted molar refractivity (Wildman–Crippen MR) is 89.1 cm³/mol. The summed E-state index contributed by atoms with van der Waals surface area (Å²) >= 11 is 0. The van der Waals surface area contributed by atoms with Gasteiger partial charge in [0.05, 0.1) is 7.11 Å². The van der Waals surface area contributed by atoms with Gasteiger partial charge in [0.15, 0.2) is 17.6 Å². The number of carbonyl (C=O) groups is 1. The summed E-state index contributed by atoms with van der Waals surface area (Å²) in [4.78, 5) is 12.3. The first-order chi connectivity index (χ1) is 11.7. The zero-order valence-corrected chi connectivity index (χ0v) is 13.6. The largest absolute Gasteiger partial charge is 0.497 e. The summed E-state index contributed by atoms with van der Waals surface area (Å²) in [7, 11) is 1.58. The smallest absolute Gasteiger partial charge is 0.265 e. The maximum atomic E-state index is 12.3. The first-order valence-electron chi connectivity index (χ1n) is 7.67. The van der Waals surface area contributed by atoms with Crippen LogP contribution in [0.15, 0.2) is 42.5 Å². The van der Waals surface area contributed by atoms with E-state index in [2.05, 4.69) is 5.32 Å². The van der Waals surface area contributed by atoms with E-state index in [1.807, 2.05) is 6.07 Å². The number of methoxy groups -OCH3 is 1. The molecule has 2 aromatic carbocycles. The van der Waals surface area contributed by atoms with Crippen LogP contribution in [0.1, 0.15) is 6.92 Å². The summed E-state index contributed by atoms with van der Waals surface area (Å²) in [6, 6.07) is 12.4. The van der Waals surface area contributed by atoms with Gasteiger partial charge < -0.3 is 24.3 Å². The predicted octanol–water partition coefficient (Wildman–Crippen LogP) is 2.87. The first kappa shape index (κ1) is 16.0. The molecule has 0 saturated carbocycles. The molecule has 1 unspecified atom stereocenters. The molecular weight excluding hydrogens is 310 g/mol. The Kier molecular flexibility index (Phi) is 4.74. The van der Waals surface area contributed by atoms with E-state index in [1.54, 1.807) is 50.4 Å². The molecule has 1 aliphatic heterocycles. The van der Waals surface area contributed by atoms with Crippen molar-refractivity contribution in [3.63, 3.8) is 0 Å². The van der Waals surface area contributed by atoms with E-state index < -0.39 is 6.10 Å². The van der Waals surface area contributed by atoms with Crippen molar-refractivity contribution in [2.75, 3.05) is 25.6 Å². The number of anilines is 1. The maximum Gasteiger partial charge on any atom is 0.265 e. The normalized spacial score (nSPS) is 13.8. The van der Waals surface area contributed by atoms with Gasteiger partial charge in [0.25, 0.3) is 5.91 Å². The zero-order valence-electron chi connectivity index (χ0n) is 13.6. The van der Waals surface area contributed by atoms with E-state index in [0.29, 0.717) is 41.9 Å². The van der Waals surface area contributed by atoms with Crippen LogP contribution in [0.2, 0.25) is 0 Å². The Labute approximate surface area is 140 Å². The van der Waals surface area contributed by atoms with Crippen molar-refractivity contribution in [1.82, 2.24) is 0 Å². The minimum atomic E-state index is -0.662. The average molecular weight is 329 g/mol. The molecule has 3 rings (SSSR count). The lowest BCUT2D eigenvalue weighted by Gasteiger charge is -2.20. The van der Waals surface area contributed by atoms with Crippen LogP contribution in [0.4, 0.5) is 5.69 Å². The second-order valence-electron chi connectivity index (χ2n) is 5.29. The number of hydrogen-bond donors (Lipinski definition) is 1. The van der Waals surface area contributed by atoms with E-state index in [-0.39, 0.29) is 5.91 Å². The van der Waals surface area contributed by atoms with Gasteiger partial charge in [0.1, 0.15) is 24.7 Å². The Bertz CT molecular complexity index is 731. The second-order valence-corrected chi connectivity index (χ2v) is 5.29. The lowest BCUT2D eigenvalue weighted by Crippen LogP contribution is -2.30. The number of nitrogens with one attached hydrogen (secondary N) is 1. The Balaban J connectivity index is 1.63. The molecule has 1 aliphatic rings. The highest BCUT2D eigenvalue weighted by atomic mass is 16.6. The molecule has 1 heterocycles. The number of fused-ring (bicyclic) bond motifs is 1. The minimum absolute atomic E-state index is 0.255. The number of carbonyl (C=O) groups excluding carboxylic acids is 1. The van der Waals surface area contributed by atoms with Gasteiger partial charge in [-0.05, 0) is 31.2 Å². The molecule has 1 N–H and O–H groups in total. The molecule has 0 bridgehead atoms. The van der Waals surface area contributed by atoms with Crippen molar-refractivity contribution in [3.05, 3.63) is 42.5 Å². The van der Waals surface area contributed by atoms with Crippen LogP contribution in [0.5, 0.6) is 23.0 Å². The van der Waals surface area contributed by atoms with Gasteiger partial charge in [0, 0.05) is 17.8 Å². The Morgan fingerprint density at radius 3 is 2.62 bits per heavy atom. The third-order valence-electron chi connectivity index (χ3n) is 3.53. The quantitative estimate of drug-likeness (QED) is 0.914. The van der Waals surface area contributed by atoms with Gasteiger partial charge in [0.2, 0.25) is 0 Å². The van der Waals surface area contributed by atoms with Crippen LogP contribution in [0.25, 0.3) is 0 Å². The number of hydrogen-bond acceptors (Lipinski definition) is 5. The topological polar surface area (TPSA) is 66.0 Å². The molecule has 0 radical (unpaired) electrons. The molecule has 6 nitrogen and oxygen atoms in total. The van der Waals surface area contributed by atoms with Crippen molar-refractivity contribution in [1.29, 1.82) is 0 Å². The van der Waals surface area contributed by atoms with Crippen molar-refractivity contribution < 1.29 is 23.7 Å². The number of rotatable bonds is 5. The van der Waals surface area contributed by atoms with Crippen LogP contribution >= 0.6 is 0 Å². The second kappa shape index (κ2) is 7.12. The summed E-state index contributed by atoms with van der Waals surface area (Å²) in [5.74, 6) is 2.29. The lowest BCUT2D eigenvalue weighted by atomic mass is 10.2. The molecule has 0 fully saturated rings. The van der Waals surface area contributed by atoms with Gasteiger partial charge in [-0.1, -0.05) is 6.07 Å². The molecule has 0 saturated heterocycles. The Morgan fingerprint density at radius 1 is 1.08 bits per heavy atom. The lowest BCUT2D eigenvalue weighted by molar-refractivity contribution is -0.122. The highest BCUT2D eigenvalue weighted by Crippen LogP contribution is 2.32. The van der Waals surface area contributed by atoms with Crippen LogP contribution in [-0.2, 0) is 4.79 Å². The Morgan fingerprint density at radius 2 is 1.83 bits per heavy atom. The fourth-order valence-corrected chi connectivity index (χ4v) is 2.30. The van der Waals surface area contributed by atoms with Gasteiger partial charge in [-0.15, -0.1) is 0 Å². The van der Waals surface area contributed by atoms with Crippen LogP contribution in [-0.4, -0.2) is 32.3 Å². The summed E-state index contributed by atoms with van der Waals surface area (Å²) in [5.41, 5.74) is 0.630. The third kappa shape index (κ3) is 3.71. The molecule has 126 valence electrons. The molecule has 0 spiro atoms. The van der Waals surface area contributed by atoms with Crippen molar-refractivity contribution >= 4 is 11.6 Å². The van der Waals surface area contributed by atoms with Crippen molar-refractivity contribution in [2.45, 2.75) is 13.0 Å². The molecular formula is C18H19NO5. The first-order valence-corrected chi connectivity index (χ1v) is 7.67. The molecule has 1 amide bonds. The Hall–Kier alpha value is -2.89. The van der Waals surface area contributed by atoms with E-state index in [1.165, 1.54) is 0 Å². The van der Waals surface area contributed by atoms with Crippen molar-refractivity contribution in [2.24, 2.45) is 0 Å². The van der Waals surface area contributed by atoms with Gasteiger partial charge in [-0.3, -0.25) is 4.79 Å². The molecule has 2 aromatic rings. The van der Waals surface area contributed by atoms with Crippen LogP contribution < -0.4 is 24.3 Å². The maximum absolute atomic E-state index is 12.3. The number of amides is 1. The third-order valence-corrected chi connectivity index (χ3v) is 3.53. The highest BCUT2D eigenvalue weighted by molar-refractivity contribution is 5.94. The monoisotopic (exact) mass is 329 g/mol. The minimum Gasteiger partial charge on any atom is -0.497 e. The summed E-state index contributed by atoms with van der Waals surface area (Å²) in [6.07, 6.45) is -0.662.